The fourth-order valence-electron chi connectivity index (χ4n) is 4.12. The summed E-state index contributed by atoms with van der Waals surface area (Å²) in [6, 6.07) is 6.65. The van der Waals surface area contributed by atoms with Gasteiger partial charge in [0, 0.05) is 19.6 Å². The molecule has 3 atom stereocenters. The van der Waals surface area contributed by atoms with E-state index in [1.165, 1.54) is 25.7 Å². The predicted octanol–water partition coefficient (Wildman–Crippen LogP) is 3.59. The van der Waals surface area contributed by atoms with E-state index in [0.29, 0.717) is 12.6 Å². The summed E-state index contributed by atoms with van der Waals surface area (Å²) in [5, 5.41) is 4.44. The second-order valence-electron chi connectivity index (χ2n) is 7.01. The Morgan fingerprint density at radius 2 is 2.12 bits per heavy atom. The van der Waals surface area contributed by atoms with E-state index in [2.05, 4.69) is 16.3 Å². The van der Waals surface area contributed by atoms with Crippen molar-refractivity contribution in [3.8, 4) is 11.5 Å². The number of ether oxygens (including phenoxy) is 2. The molecule has 0 heterocycles. The molecule has 0 spiro atoms. The van der Waals surface area contributed by atoms with E-state index in [4.69, 9.17) is 21.7 Å². The molecule has 1 aromatic rings. The van der Waals surface area contributed by atoms with E-state index < -0.39 is 0 Å². The van der Waals surface area contributed by atoms with Crippen LogP contribution >= 0.6 is 12.2 Å². The number of methoxy groups -OCH3 is 1. The summed E-state index contributed by atoms with van der Waals surface area (Å²) in [6.45, 7) is 3.36. The van der Waals surface area contributed by atoms with Gasteiger partial charge in [0.05, 0.1) is 13.7 Å². The molecule has 2 aliphatic rings. The van der Waals surface area contributed by atoms with E-state index in [-0.39, 0.29) is 0 Å². The Morgan fingerprint density at radius 3 is 2.75 bits per heavy atom. The molecular weight excluding hydrogens is 320 g/mol. The van der Waals surface area contributed by atoms with Crippen LogP contribution in [-0.2, 0) is 6.54 Å². The predicted molar refractivity (Wildman–Crippen MR) is 101 cm³/mol. The van der Waals surface area contributed by atoms with Crippen molar-refractivity contribution in [2.45, 2.75) is 45.2 Å². The molecule has 0 aromatic heterocycles. The SMILES string of the molecule is CCOc1ccc(CN(C)C(=S)NC2CC3CCC2C3)cc1OC. The molecule has 0 amide bonds. The monoisotopic (exact) mass is 348 g/mol. The highest BCUT2D eigenvalue weighted by Gasteiger charge is 2.39. The molecule has 2 saturated carbocycles. The average Bonchev–Trinajstić information content (AvgIpc) is 3.19. The van der Waals surface area contributed by atoms with Crippen LogP contribution in [0.5, 0.6) is 11.5 Å². The van der Waals surface area contributed by atoms with Crippen LogP contribution in [0.1, 0.15) is 38.2 Å². The Morgan fingerprint density at radius 1 is 1.29 bits per heavy atom. The Balaban J connectivity index is 1.57. The van der Waals surface area contributed by atoms with Gasteiger partial charge >= 0.3 is 0 Å². The van der Waals surface area contributed by atoms with E-state index in [1.807, 2.05) is 26.1 Å². The Labute approximate surface area is 150 Å². The lowest BCUT2D eigenvalue weighted by Gasteiger charge is -2.28. The molecule has 5 heteroatoms. The molecule has 2 fully saturated rings. The summed E-state index contributed by atoms with van der Waals surface area (Å²) in [5.74, 6) is 3.31. The van der Waals surface area contributed by atoms with Crippen LogP contribution in [0, 0.1) is 11.8 Å². The second-order valence-corrected chi connectivity index (χ2v) is 7.39. The van der Waals surface area contributed by atoms with Gasteiger partial charge in [0.25, 0.3) is 0 Å². The average molecular weight is 349 g/mol. The second kappa shape index (κ2) is 7.60. The Hall–Kier alpha value is -1.49. The summed E-state index contributed by atoms with van der Waals surface area (Å²) < 4.78 is 11.0. The highest BCUT2D eigenvalue weighted by Crippen LogP contribution is 2.44. The fraction of sp³-hybridized carbons (Fsp3) is 0.632. The van der Waals surface area contributed by atoms with Crippen LogP contribution in [0.4, 0.5) is 0 Å². The molecule has 132 valence electrons. The third-order valence-corrected chi connectivity index (χ3v) is 5.77. The van der Waals surface area contributed by atoms with Crippen molar-refractivity contribution in [1.82, 2.24) is 10.2 Å². The Kier molecular flexibility index (Phi) is 5.49. The lowest BCUT2D eigenvalue weighted by molar-refractivity contribution is 0.310. The minimum Gasteiger partial charge on any atom is -0.493 e. The lowest BCUT2D eigenvalue weighted by Crippen LogP contribution is -2.44. The number of fused-ring (bicyclic) bond motifs is 2. The molecule has 2 bridgehead atoms. The van der Waals surface area contributed by atoms with Crippen molar-refractivity contribution in [2.24, 2.45) is 11.8 Å². The zero-order chi connectivity index (χ0) is 17.1. The van der Waals surface area contributed by atoms with E-state index in [1.54, 1.807) is 7.11 Å². The highest BCUT2D eigenvalue weighted by atomic mass is 32.1. The number of rotatable bonds is 6. The molecule has 1 aromatic carbocycles. The maximum Gasteiger partial charge on any atom is 0.169 e. The normalized spacial score (nSPS) is 24.7. The van der Waals surface area contributed by atoms with Crippen molar-refractivity contribution >= 4 is 17.3 Å². The van der Waals surface area contributed by atoms with Crippen LogP contribution in [-0.4, -0.2) is 36.8 Å². The highest BCUT2D eigenvalue weighted by molar-refractivity contribution is 7.80. The van der Waals surface area contributed by atoms with Gasteiger partial charge in [-0.25, -0.2) is 0 Å². The van der Waals surface area contributed by atoms with Crippen LogP contribution in [0.2, 0.25) is 0 Å². The largest absolute Gasteiger partial charge is 0.493 e. The molecule has 3 rings (SSSR count). The van der Waals surface area contributed by atoms with Crippen molar-refractivity contribution in [3.63, 3.8) is 0 Å². The van der Waals surface area contributed by atoms with Gasteiger partial charge in [-0.3, -0.25) is 0 Å². The van der Waals surface area contributed by atoms with Crippen LogP contribution in [0.3, 0.4) is 0 Å². The lowest BCUT2D eigenvalue weighted by atomic mass is 9.95. The fourth-order valence-corrected chi connectivity index (χ4v) is 4.34. The summed E-state index contributed by atoms with van der Waals surface area (Å²) in [6.07, 6.45) is 5.46. The number of thiocarbonyl (C=S) groups is 1. The molecular formula is C19H28N2O2S. The van der Waals surface area contributed by atoms with Gasteiger partial charge in [0.2, 0.25) is 0 Å². The van der Waals surface area contributed by atoms with E-state index >= 15 is 0 Å². The van der Waals surface area contributed by atoms with Crippen LogP contribution in [0.15, 0.2) is 18.2 Å². The maximum absolute atomic E-state index is 5.62. The first-order valence-corrected chi connectivity index (χ1v) is 9.32. The first-order chi connectivity index (χ1) is 11.6. The van der Waals surface area contributed by atoms with Gasteiger partial charge in [-0.15, -0.1) is 0 Å². The molecule has 0 saturated heterocycles. The summed E-state index contributed by atoms with van der Waals surface area (Å²) in [7, 11) is 3.72. The maximum atomic E-state index is 5.62. The number of hydrogen-bond acceptors (Lipinski definition) is 3. The van der Waals surface area contributed by atoms with Gasteiger partial charge in [-0.1, -0.05) is 12.5 Å². The number of hydrogen-bond donors (Lipinski definition) is 1. The zero-order valence-corrected chi connectivity index (χ0v) is 15.7. The minimum absolute atomic E-state index is 0.577. The summed E-state index contributed by atoms with van der Waals surface area (Å²) in [4.78, 5) is 2.11. The quantitative estimate of drug-likeness (QED) is 0.795. The van der Waals surface area contributed by atoms with Gasteiger partial charge in [0.1, 0.15) is 0 Å². The van der Waals surface area contributed by atoms with Crippen molar-refractivity contribution < 1.29 is 9.47 Å². The smallest absolute Gasteiger partial charge is 0.169 e. The van der Waals surface area contributed by atoms with Crippen LogP contribution in [0.25, 0.3) is 0 Å². The zero-order valence-electron chi connectivity index (χ0n) is 14.9. The first-order valence-electron chi connectivity index (χ1n) is 8.92. The molecule has 4 nitrogen and oxygen atoms in total. The van der Waals surface area contributed by atoms with Crippen LogP contribution < -0.4 is 14.8 Å². The molecule has 3 unspecified atom stereocenters. The topological polar surface area (TPSA) is 33.7 Å². The molecule has 2 aliphatic carbocycles. The van der Waals surface area contributed by atoms with Gasteiger partial charge in [0.15, 0.2) is 16.6 Å². The third-order valence-electron chi connectivity index (χ3n) is 5.34. The van der Waals surface area contributed by atoms with Gasteiger partial charge in [-0.05, 0) is 67.9 Å². The molecule has 0 aliphatic heterocycles. The number of nitrogens with zero attached hydrogens (tertiary/aromatic N) is 1. The first kappa shape index (κ1) is 17.3. The van der Waals surface area contributed by atoms with Gasteiger partial charge < -0.3 is 19.7 Å². The Bertz CT molecular complexity index is 593. The number of nitrogens with one attached hydrogen (secondary N) is 1. The summed E-state index contributed by atoms with van der Waals surface area (Å²) >= 11 is 5.62. The minimum atomic E-state index is 0.577. The molecule has 0 radical (unpaired) electrons. The molecule has 1 N–H and O–H groups in total. The van der Waals surface area contributed by atoms with Gasteiger partial charge in [-0.2, -0.15) is 0 Å². The van der Waals surface area contributed by atoms with Crippen molar-refractivity contribution in [1.29, 1.82) is 0 Å². The third kappa shape index (κ3) is 3.77. The van der Waals surface area contributed by atoms with Crippen molar-refractivity contribution in [2.75, 3.05) is 20.8 Å². The van der Waals surface area contributed by atoms with Crippen molar-refractivity contribution in [3.05, 3.63) is 23.8 Å². The standard InChI is InChI=1S/C19H28N2O2S/c1-4-23-17-8-6-14(11-18(17)22-3)12-21(2)19(24)20-16-10-13-5-7-15(16)9-13/h6,8,11,13,15-16H,4-5,7,9-10,12H2,1-3H3,(H,20,24). The van der Waals surface area contributed by atoms with E-state index in [0.717, 1.165) is 40.6 Å². The summed E-state index contributed by atoms with van der Waals surface area (Å²) in [5.41, 5.74) is 1.16. The number of benzene rings is 1. The van der Waals surface area contributed by atoms with E-state index in [9.17, 15) is 0 Å². The molecule has 24 heavy (non-hydrogen) atoms.